The number of para-hydroxylation sites is 1. The van der Waals surface area contributed by atoms with E-state index in [1.807, 2.05) is 18.3 Å². The van der Waals surface area contributed by atoms with Gasteiger partial charge >= 0.3 is 0 Å². The minimum atomic E-state index is 0.676. The Balaban J connectivity index is 1.82. The Bertz CT molecular complexity index is 576. The summed E-state index contributed by atoms with van der Waals surface area (Å²) in [5.74, 6) is 1.70. The molecule has 0 atom stereocenters. The van der Waals surface area contributed by atoms with Crippen molar-refractivity contribution in [2.45, 2.75) is 26.2 Å². The molecule has 2 heterocycles. The van der Waals surface area contributed by atoms with Gasteiger partial charge in [-0.1, -0.05) is 25.1 Å². The first-order valence-electron chi connectivity index (χ1n) is 7.30. The van der Waals surface area contributed by atoms with Gasteiger partial charge in [0.1, 0.15) is 5.82 Å². The maximum Gasteiger partial charge on any atom is 0.229 e. The van der Waals surface area contributed by atoms with Gasteiger partial charge in [0.05, 0.1) is 0 Å². The Morgan fingerprint density at radius 3 is 2.75 bits per heavy atom. The van der Waals surface area contributed by atoms with Gasteiger partial charge in [0.25, 0.3) is 0 Å². The van der Waals surface area contributed by atoms with Crippen molar-refractivity contribution in [3.8, 4) is 0 Å². The third-order valence-electron chi connectivity index (χ3n) is 3.72. The Morgan fingerprint density at radius 1 is 1.15 bits per heavy atom. The van der Waals surface area contributed by atoms with Crippen LogP contribution in [0.3, 0.4) is 0 Å². The molecular formula is C16H20N4. The van der Waals surface area contributed by atoms with E-state index in [0.717, 1.165) is 31.0 Å². The molecule has 3 rings (SSSR count). The average Bonchev–Trinajstić information content (AvgIpc) is 3.02. The molecule has 0 radical (unpaired) electrons. The van der Waals surface area contributed by atoms with Crippen molar-refractivity contribution in [2.24, 2.45) is 0 Å². The van der Waals surface area contributed by atoms with E-state index >= 15 is 0 Å². The largest absolute Gasteiger partial charge is 0.356 e. The van der Waals surface area contributed by atoms with Crippen LogP contribution in [-0.4, -0.2) is 23.1 Å². The fourth-order valence-corrected chi connectivity index (χ4v) is 2.60. The van der Waals surface area contributed by atoms with Crippen molar-refractivity contribution < 1.29 is 0 Å². The minimum absolute atomic E-state index is 0.676. The van der Waals surface area contributed by atoms with Crippen LogP contribution in [0.25, 0.3) is 0 Å². The summed E-state index contributed by atoms with van der Waals surface area (Å²) in [5.41, 5.74) is 2.37. The predicted molar refractivity (Wildman–Crippen MR) is 82.6 cm³/mol. The summed E-state index contributed by atoms with van der Waals surface area (Å²) in [6, 6.07) is 10.3. The molecule has 4 heteroatoms. The quantitative estimate of drug-likeness (QED) is 0.923. The highest BCUT2D eigenvalue weighted by Gasteiger charge is 2.14. The number of nitrogens with zero attached hydrogens (tertiary/aromatic N) is 3. The van der Waals surface area contributed by atoms with Crippen LogP contribution in [0.5, 0.6) is 0 Å². The zero-order valence-electron chi connectivity index (χ0n) is 11.8. The van der Waals surface area contributed by atoms with Gasteiger partial charge in [0.15, 0.2) is 0 Å². The summed E-state index contributed by atoms with van der Waals surface area (Å²) in [5, 5.41) is 3.34. The molecule has 1 aliphatic rings. The van der Waals surface area contributed by atoms with Crippen LogP contribution in [0.2, 0.25) is 0 Å². The fourth-order valence-electron chi connectivity index (χ4n) is 2.60. The molecule has 1 saturated heterocycles. The number of hydrogen-bond donors (Lipinski definition) is 1. The summed E-state index contributed by atoms with van der Waals surface area (Å²) < 4.78 is 0. The topological polar surface area (TPSA) is 41.1 Å². The molecule has 0 spiro atoms. The number of anilines is 3. The molecule has 104 valence electrons. The van der Waals surface area contributed by atoms with Crippen molar-refractivity contribution in [2.75, 3.05) is 23.3 Å². The highest BCUT2D eigenvalue weighted by atomic mass is 15.2. The summed E-state index contributed by atoms with van der Waals surface area (Å²) in [4.78, 5) is 11.3. The molecule has 1 aromatic heterocycles. The van der Waals surface area contributed by atoms with E-state index in [9.17, 15) is 0 Å². The van der Waals surface area contributed by atoms with Gasteiger partial charge in [0.2, 0.25) is 5.95 Å². The summed E-state index contributed by atoms with van der Waals surface area (Å²) in [6.45, 7) is 4.35. The number of rotatable bonds is 4. The molecule has 0 unspecified atom stereocenters. The molecule has 0 aliphatic carbocycles. The smallest absolute Gasteiger partial charge is 0.229 e. The number of hydrogen-bond acceptors (Lipinski definition) is 4. The second kappa shape index (κ2) is 5.90. The summed E-state index contributed by atoms with van der Waals surface area (Å²) in [6.07, 6.45) is 5.34. The van der Waals surface area contributed by atoms with Crippen LogP contribution in [0.4, 0.5) is 17.5 Å². The van der Waals surface area contributed by atoms with E-state index < -0.39 is 0 Å². The Labute approximate surface area is 119 Å². The van der Waals surface area contributed by atoms with Crippen molar-refractivity contribution in [3.63, 3.8) is 0 Å². The van der Waals surface area contributed by atoms with E-state index in [1.54, 1.807) is 0 Å². The van der Waals surface area contributed by atoms with Crippen molar-refractivity contribution >= 4 is 17.5 Å². The van der Waals surface area contributed by atoms with Crippen LogP contribution in [0, 0.1) is 0 Å². The van der Waals surface area contributed by atoms with Crippen LogP contribution < -0.4 is 10.2 Å². The normalized spacial score (nSPS) is 14.6. The molecule has 2 aromatic rings. The van der Waals surface area contributed by atoms with Crippen LogP contribution in [0.1, 0.15) is 25.3 Å². The predicted octanol–water partition coefficient (Wildman–Crippen LogP) is 3.38. The number of aryl methyl sites for hydroxylation is 1. The fraction of sp³-hybridized carbons (Fsp3) is 0.375. The van der Waals surface area contributed by atoms with E-state index in [1.165, 1.54) is 18.4 Å². The van der Waals surface area contributed by atoms with Gasteiger partial charge < -0.3 is 10.2 Å². The van der Waals surface area contributed by atoms with Crippen LogP contribution in [-0.2, 0) is 6.42 Å². The lowest BCUT2D eigenvalue weighted by Crippen LogP contribution is -2.19. The first kappa shape index (κ1) is 12.9. The van der Waals surface area contributed by atoms with Crippen LogP contribution in [0.15, 0.2) is 36.5 Å². The molecule has 1 aromatic carbocycles. The molecule has 0 saturated carbocycles. The lowest BCUT2D eigenvalue weighted by Gasteiger charge is -2.17. The van der Waals surface area contributed by atoms with Gasteiger partial charge in [0, 0.05) is 25.0 Å². The maximum atomic E-state index is 4.63. The second-order valence-corrected chi connectivity index (χ2v) is 5.07. The monoisotopic (exact) mass is 268 g/mol. The summed E-state index contributed by atoms with van der Waals surface area (Å²) in [7, 11) is 0. The van der Waals surface area contributed by atoms with E-state index in [4.69, 9.17) is 0 Å². The molecule has 1 fully saturated rings. The van der Waals surface area contributed by atoms with E-state index in [-0.39, 0.29) is 0 Å². The molecule has 1 aliphatic heterocycles. The number of nitrogens with one attached hydrogen (secondary N) is 1. The second-order valence-electron chi connectivity index (χ2n) is 5.07. The maximum absolute atomic E-state index is 4.63. The minimum Gasteiger partial charge on any atom is -0.356 e. The molecule has 1 N–H and O–H groups in total. The van der Waals surface area contributed by atoms with Gasteiger partial charge in [-0.2, -0.15) is 4.98 Å². The lowest BCUT2D eigenvalue weighted by atomic mass is 10.1. The molecule has 0 bridgehead atoms. The highest BCUT2D eigenvalue weighted by Crippen LogP contribution is 2.22. The Morgan fingerprint density at radius 2 is 1.95 bits per heavy atom. The standard InChI is InChI=1S/C16H20N4/c1-2-13-7-3-4-8-14(13)18-16-17-10-9-15(19-16)20-11-5-6-12-20/h3-4,7-10H,2,5-6,11-12H2,1H3,(H,17,18,19). The zero-order valence-corrected chi connectivity index (χ0v) is 11.8. The molecule has 20 heavy (non-hydrogen) atoms. The van der Waals surface area contributed by atoms with Crippen molar-refractivity contribution in [3.05, 3.63) is 42.1 Å². The molecule has 0 amide bonds. The number of benzene rings is 1. The van der Waals surface area contributed by atoms with Crippen molar-refractivity contribution in [1.29, 1.82) is 0 Å². The van der Waals surface area contributed by atoms with Gasteiger partial charge in [-0.15, -0.1) is 0 Å². The lowest BCUT2D eigenvalue weighted by molar-refractivity contribution is 0.929. The van der Waals surface area contributed by atoms with Gasteiger partial charge in [-0.3, -0.25) is 0 Å². The van der Waals surface area contributed by atoms with Crippen LogP contribution >= 0.6 is 0 Å². The Kier molecular flexibility index (Phi) is 3.81. The molecule has 4 nitrogen and oxygen atoms in total. The van der Waals surface area contributed by atoms with Crippen molar-refractivity contribution in [1.82, 2.24) is 9.97 Å². The van der Waals surface area contributed by atoms with E-state index in [0.29, 0.717) is 5.95 Å². The SMILES string of the molecule is CCc1ccccc1Nc1nccc(N2CCCC2)n1. The highest BCUT2D eigenvalue weighted by molar-refractivity contribution is 5.59. The third-order valence-corrected chi connectivity index (χ3v) is 3.72. The van der Waals surface area contributed by atoms with E-state index in [2.05, 4.69) is 45.3 Å². The number of aromatic nitrogens is 2. The first-order valence-corrected chi connectivity index (χ1v) is 7.30. The first-order chi connectivity index (χ1) is 9.86. The average molecular weight is 268 g/mol. The summed E-state index contributed by atoms with van der Waals surface area (Å²) >= 11 is 0. The third kappa shape index (κ3) is 2.74. The zero-order chi connectivity index (χ0) is 13.8. The van der Waals surface area contributed by atoms with Gasteiger partial charge in [-0.05, 0) is 37.0 Å². The van der Waals surface area contributed by atoms with Gasteiger partial charge in [-0.25, -0.2) is 4.98 Å². The molecular weight excluding hydrogens is 248 g/mol. The Hall–Kier alpha value is -2.10.